The molecule has 4 fully saturated rings. The van der Waals surface area contributed by atoms with Gasteiger partial charge in [-0.2, -0.15) is 9.97 Å². The molecule has 4 aliphatic rings. The van der Waals surface area contributed by atoms with Gasteiger partial charge in [0.25, 0.3) is 0 Å². The lowest BCUT2D eigenvalue weighted by Gasteiger charge is -2.36. The molecule has 5 atom stereocenters. The number of aromatic nitrogens is 3. The zero-order chi connectivity index (χ0) is 37.2. The highest BCUT2D eigenvalue weighted by molar-refractivity contribution is 5.99. The lowest BCUT2D eigenvalue weighted by molar-refractivity contribution is -0.125. The molecule has 4 aliphatic heterocycles. The summed E-state index contributed by atoms with van der Waals surface area (Å²) in [6.45, 7) is 1.07. The molecule has 0 aliphatic carbocycles. The number of anilines is 1. The minimum Gasteiger partial charge on any atom is -0.465 e. The van der Waals surface area contributed by atoms with E-state index in [0.717, 1.165) is 12.5 Å². The van der Waals surface area contributed by atoms with Crippen LogP contribution in [0.15, 0.2) is 48.7 Å². The van der Waals surface area contributed by atoms with Crippen LogP contribution >= 0.6 is 0 Å². The van der Waals surface area contributed by atoms with Gasteiger partial charge in [-0.1, -0.05) is 30.3 Å². The number of carbonyl (C=O) groups excluding carboxylic acids is 1. The van der Waals surface area contributed by atoms with E-state index in [2.05, 4.69) is 15.0 Å². The van der Waals surface area contributed by atoms with Crippen molar-refractivity contribution < 1.29 is 41.4 Å². The van der Waals surface area contributed by atoms with Crippen molar-refractivity contribution in [3.63, 3.8) is 0 Å². The largest absolute Gasteiger partial charge is 0.465 e. The number of carboxylic acid groups (broad SMARTS) is 1. The third-order valence-electron chi connectivity index (χ3n) is 11.2. The Morgan fingerprint density at radius 3 is 2.68 bits per heavy atom. The second-order valence-electron chi connectivity index (χ2n) is 14.3. The first-order chi connectivity index (χ1) is 25.4. The molecule has 0 spiro atoms. The lowest BCUT2D eigenvalue weighted by atomic mass is 9.95. The van der Waals surface area contributed by atoms with E-state index in [1.807, 2.05) is 4.90 Å². The first kappa shape index (κ1) is 34.9. The predicted molar refractivity (Wildman–Crippen MR) is 185 cm³/mol. The SMILES string of the molecule is CN(c1nc(OC[C@@]23CCCN2C[C@H](F)C3)nc2c(F)c(-c3cccc4ccc(F)c(F)c34)ncc12)[C@H]1CN(C(=O)/C=C/[C@H]2CCN2C(=O)O)C[C@@H]1F. The zero-order valence-corrected chi connectivity index (χ0v) is 28.7. The van der Waals surface area contributed by atoms with Gasteiger partial charge in [-0.25, -0.2) is 26.7 Å². The Hall–Kier alpha value is -5.12. The molecule has 278 valence electrons. The van der Waals surface area contributed by atoms with Gasteiger partial charge in [-0.05, 0) is 37.3 Å². The zero-order valence-electron chi connectivity index (χ0n) is 28.7. The summed E-state index contributed by atoms with van der Waals surface area (Å²) >= 11 is 0. The number of hydrogen-bond donors (Lipinski definition) is 1. The normalized spacial score (nSPS) is 25.8. The Labute approximate surface area is 300 Å². The molecule has 1 N–H and O–H groups in total. The summed E-state index contributed by atoms with van der Waals surface area (Å²) in [7, 11) is 1.54. The highest BCUT2D eigenvalue weighted by Crippen LogP contribution is 2.41. The molecule has 4 saturated heterocycles. The molecular formula is C37H36F5N7O4. The van der Waals surface area contributed by atoms with Crippen LogP contribution in [-0.4, -0.2) is 123 Å². The van der Waals surface area contributed by atoms with E-state index in [9.17, 15) is 23.5 Å². The van der Waals surface area contributed by atoms with Crippen molar-refractivity contribution in [1.82, 2.24) is 29.7 Å². The molecule has 2 aromatic heterocycles. The van der Waals surface area contributed by atoms with Gasteiger partial charge >= 0.3 is 12.1 Å². The highest BCUT2D eigenvalue weighted by atomic mass is 19.2. The number of likely N-dealkylation sites (N-methyl/N-ethyl adjacent to an activating group) is 1. The second kappa shape index (κ2) is 13.4. The van der Waals surface area contributed by atoms with E-state index >= 15 is 13.2 Å². The molecule has 8 rings (SSSR count). The van der Waals surface area contributed by atoms with E-state index in [1.165, 1.54) is 45.2 Å². The number of nitrogens with zero attached hydrogens (tertiary/aromatic N) is 7. The first-order valence-electron chi connectivity index (χ1n) is 17.5. The van der Waals surface area contributed by atoms with Crippen LogP contribution in [0.25, 0.3) is 32.9 Å². The summed E-state index contributed by atoms with van der Waals surface area (Å²) in [6, 6.07) is 5.29. The van der Waals surface area contributed by atoms with Gasteiger partial charge in [0, 0.05) is 56.3 Å². The number of amides is 2. The van der Waals surface area contributed by atoms with Crippen molar-refractivity contribution in [3.8, 4) is 17.3 Å². The van der Waals surface area contributed by atoms with Crippen molar-refractivity contribution in [2.24, 2.45) is 0 Å². The molecule has 53 heavy (non-hydrogen) atoms. The number of carbonyl (C=O) groups is 2. The van der Waals surface area contributed by atoms with Crippen LogP contribution in [0.4, 0.5) is 32.6 Å². The monoisotopic (exact) mass is 737 g/mol. The number of hydrogen-bond acceptors (Lipinski definition) is 8. The average molecular weight is 738 g/mol. The average Bonchev–Trinajstić information content (AvgIpc) is 3.79. The van der Waals surface area contributed by atoms with Gasteiger partial charge < -0.3 is 24.5 Å². The molecular weight excluding hydrogens is 701 g/mol. The standard InChI is InChI=1S/C37H36F5N7O4/c1-46(27-18-47(17-26(27)40)28(50)9-7-22-10-13-49(22)36(51)52)34-24-15-43-32(23-5-2-4-20-6-8-25(39)30(41)29(20)23)31(42)33(24)44-35(45-34)53-19-37-11-3-12-48(37)16-21(38)14-37/h2,4-9,15,21-22,26-27H,3,10-14,16-19H2,1H3,(H,51,52)/b9-7+/t21-,22+,26+,27+,37+/m1/s1. The molecule has 0 unspecified atom stereocenters. The van der Waals surface area contributed by atoms with Crippen LogP contribution in [0.2, 0.25) is 0 Å². The molecule has 0 saturated carbocycles. The van der Waals surface area contributed by atoms with Crippen LogP contribution in [0, 0.1) is 17.5 Å². The molecule has 4 aromatic rings. The molecule has 11 nitrogen and oxygen atoms in total. The molecule has 0 radical (unpaired) electrons. The lowest BCUT2D eigenvalue weighted by Crippen LogP contribution is -2.49. The fraction of sp³-hybridized carbons (Fsp3) is 0.432. The number of likely N-dealkylation sites (tertiary alicyclic amines) is 2. The fourth-order valence-corrected chi connectivity index (χ4v) is 8.29. The number of rotatable bonds is 8. The number of pyridine rings is 1. The van der Waals surface area contributed by atoms with E-state index in [0.29, 0.717) is 31.3 Å². The molecule has 6 heterocycles. The maximum absolute atomic E-state index is 16.8. The Bertz CT molecular complexity index is 2160. The Morgan fingerprint density at radius 2 is 1.91 bits per heavy atom. The Morgan fingerprint density at radius 1 is 1.08 bits per heavy atom. The van der Waals surface area contributed by atoms with Gasteiger partial charge in [0.1, 0.15) is 36.0 Å². The van der Waals surface area contributed by atoms with Crippen molar-refractivity contribution >= 4 is 39.5 Å². The van der Waals surface area contributed by atoms with E-state index in [1.54, 1.807) is 19.2 Å². The number of alkyl halides is 2. The fourth-order valence-electron chi connectivity index (χ4n) is 8.29. The van der Waals surface area contributed by atoms with E-state index in [4.69, 9.17) is 4.74 Å². The molecule has 16 heteroatoms. The van der Waals surface area contributed by atoms with Gasteiger partial charge in [-0.15, -0.1) is 0 Å². The van der Waals surface area contributed by atoms with E-state index in [-0.39, 0.29) is 72.0 Å². The van der Waals surface area contributed by atoms with Crippen LogP contribution in [-0.2, 0) is 4.79 Å². The van der Waals surface area contributed by atoms with Crippen LogP contribution in [0.1, 0.15) is 25.7 Å². The topological polar surface area (TPSA) is 115 Å². The van der Waals surface area contributed by atoms with Gasteiger partial charge in [0.2, 0.25) is 5.91 Å². The minimum atomic E-state index is -1.55. The molecule has 2 amide bonds. The number of benzene rings is 2. The summed E-state index contributed by atoms with van der Waals surface area (Å²) in [5.74, 6) is -3.68. The number of halogens is 5. The molecule has 0 bridgehead atoms. The highest BCUT2D eigenvalue weighted by Gasteiger charge is 2.49. The summed E-state index contributed by atoms with van der Waals surface area (Å²) < 4.78 is 82.7. The van der Waals surface area contributed by atoms with Gasteiger partial charge in [0.15, 0.2) is 17.5 Å². The maximum atomic E-state index is 16.8. The van der Waals surface area contributed by atoms with Crippen molar-refractivity contribution in [3.05, 3.63) is 66.1 Å². The Kier molecular flexibility index (Phi) is 8.82. The third-order valence-corrected chi connectivity index (χ3v) is 11.2. The first-order valence-corrected chi connectivity index (χ1v) is 17.5. The van der Waals surface area contributed by atoms with Crippen LogP contribution in [0.3, 0.4) is 0 Å². The van der Waals surface area contributed by atoms with Gasteiger partial charge in [0.05, 0.1) is 29.6 Å². The van der Waals surface area contributed by atoms with Crippen molar-refractivity contribution in [2.75, 3.05) is 51.3 Å². The van der Waals surface area contributed by atoms with E-state index < -0.39 is 59.4 Å². The van der Waals surface area contributed by atoms with Crippen molar-refractivity contribution in [2.45, 2.75) is 55.6 Å². The summed E-state index contributed by atoms with van der Waals surface area (Å²) in [5, 5.41) is 9.49. The maximum Gasteiger partial charge on any atom is 0.407 e. The van der Waals surface area contributed by atoms with Gasteiger partial charge in [-0.3, -0.25) is 14.7 Å². The molecule has 2 aromatic carbocycles. The summed E-state index contributed by atoms with van der Waals surface area (Å²) in [6.07, 6.45) is 2.75. The smallest absolute Gasteiger partial charge is 0.407 e. The third kappa shape index (κ3) is 6.05. The Balaban J connectivity index is 1.15. The van der Waals surface area contributed by atoms with Crippen LogP contribution < -0.4 is 9.64 Å². The van der Waals surface area contributed by atoms with Crippen LogP contribution in [0.5, 0.6) is 6.01 Å². The minimum absolute atomic E-state index is 0.00878. The summed E-state index contributed by atoms with van der Waals surface area (Å²) in [5.41, 5.74) is -1.16. The number of fused-ring (bicyclic) bond motifs is 3. The number of ether oxygens (including phenoxy) is 1. The quantitative estimate of drug-likeness (QED) is 0.185. The second-order valence-corrected chi connectivity index (χ2v) is 14.3. The van der Waals surface area contributed by atoms with Crippen molar-refractivity contribution in [1.29, 1.82) is 0 Å². The summed E-state index contributed by atoms with van der Waals surface area (Å²) in [4.78, 5) is 43.7. The predicted octanol–water partition coefficient (Wildman–Crippen LogP) is 5.51.